The molecule has 0 aromatic heterocycles. The van der Waals surface area contributed by atoms with E-state index in [0.29, 0.717) is 11.5 Å². The van der Waals surface area contributed by atoms with E-state index in [9.17, 15) is 14.9 Å². The number of rotatable bonds is 6. The van der Waals surface area contributed by atoms with Gasteiger partial charge in [0.15, 0.2) is 0 Å². The maximum Gasteiger partial charge on any atom is 0.269 e. The number of nitrogens with one attached hydrogen (secondary N) is 1. The molecule has 0 fully saturated rings. The first-order chi connectivity index (χ1) is 11.0. The number of non-ortho nitro benzene ring substituents is 1. The molecule has 0 spiro atoms. The summed E-state index contributed by atoms with van der Waals surface area (Å²) in [7, 11) is 0. The third-order valence-corrected chi connectivity index (χ3v) is 4.53. The zero-order chi connectivity index (χ0) is 16.8. The van der Waals surface area contributed by atoms with E-state index in [1.54, 1.807) is 12.1 Å². The molecule has 1 amide bonds. The third-order valence-electron chi connectivity index (χ3n) is 3.53. The van der Waals surface area contributed by atoms with Gasteiger partial charge in [-0.2, -0.15) is 0 Å². The van der Waals surface area contributed by atoms with Crippen LogP contribution >= 0.6 is 11.8 Å². The lowest BCUT2D eigenvalue weighted by Gasteiger charge is -2.10. The van der Waals surface area contributed by atoms with Gasteiger partial charge in [0.25, 0.3) is 5.69 Å². The van der Waals surface area contributed by atoms with Crippen LogP contribution in [-0.4, -0.2) is 16.6 Å². The number of thioether (sulfide) groups is 1. The maximum absolute atomic E-state index is 12.0. The fraction of sp³-hybridized carbons (Fsp3) is 0.235. The van der Waals surface area contributed by atoms with Crippen LogP contribution in [0.1, 0.15) is 16.7 Å². The van der Waals surface area contributed by atoms with Gasteiger partial charge in [0.1, 0.15) is 0 Å². The van der Waals surface area contributed by atoms with Crippen LogP contribution in [0.25, 0.3) is 0 Å². The number of anilines is 1. The first-order valence-electron chi connectivity index (χ1n) is 7.14. The largest absolute Gasteiger partial charge is 0.325 e. The summed E-state index contributed by atoms with van der Waals surface area (Å²) in [6.07, 6.45) is 0. The number of amides is 1. The Bertz CT molecular complexity index is 714. The zero-order valence-electron chi connectivity index (χ0n) is 13.0. The van der Waals surface area contributed by atoms with Crippen LogP contribution in [0, 0.1) is 24.0 Å². The van der Waals surface area contributed by atoms with Gasteiger partial charge in [-0.3, -0.25) is 14.9 Å². The molecule has 6 heteroatoms. The number of nitro groups is 1. The molecular weight excluding hydrogens is 312 g/mol. The molecule has 0 bridgehead atoms. The van der Waals surface area contributed by atoms with Gasteiger partial charge in [-0.15, -0.1) is 11.8 Å². The normalized spacial score (nSPS) is 10.3. The van der Waals surface area contributed by atoms with Gasteiger partial charge < -0.3 is 5.32 Å². The summed E-state index contributed by atoms with van der Waals surface area (Å²) in [4.78, 5) is 22.2. The number of hydrogen-bond acceptors (Lipinski definition) is 4. The first kappa shape index (κ1) is 17.0. The topological polar surface area (TPSA) is 72.2 Å². The average Bonchev–Trinajstić information content (AvgIpc) is 2.52. The summed E-state index contributed by atoms with van der Waals surface area (Å²) in [6.45, 7) is 3.99. The van der Waals surface area contributed by atoms with Crippen LogP contribution < -0.4 is 5.32 Å². The highest BCUT2D eigenvalue weighted by Gasteiger charge is 2.07. The highest BCUT2D eigenvalue weighted by molar-refractivity contribution is 7.99. The second-order valence-corrected chi connectivity index (χ2v) is 6.20. The molecule has 1 N–H and O–H groups in total. The Labute approximate surface area is 139 Å². The van der Waals surface area contributed by atoms with Gasteiger partial charge in [-0.05, 0) is 36.6 Å². The highest BCUT2D eigenvalue weighted by Crippen LogP contribution is 2.20. The molecule has 0 aliphatic heterocycles. The molecule has 0 saturated carbocycles. The van der Waals surface area contributed by atoms with Crippen LogP contribution in [0.4, 0.5) is 11.4 Å². The second-order valence-electron chi connectivity index (χ2n) is 5.21. The number of aryl methyl sites for hydroxylation is 1. The van der Waals surface area contributed by atoms with Gasteiger partial charge in [0.05, 0.1) is 10.7 Å². The highest BCUT2D eigenvalue weighted by atomic mass is 32.2. The number of nitro benzene ring substituents is 1. The van der Waals surface area contributed by atoms with Crippen molar-refractivity contribution >= 4 is 29.0 Å². The van der Waals surface area contributed by atoms with Gasteiger partial charge >= 0.3 is 0 Å². The molecule has 0 heterocycles. The fourth-order valence-electron chi connectivity index (χ4n) is 2.05. The Morgan fingerprint density at radius 1 is 1.17 bits per heavy atom. The predicted molar refractivity (Wildman–Crippen MR) is 93.8 cm³/mol. The molecular formula is C17H18N2O3S. The number of nitrogens with zero attached hydrogens (tertiary/aromatic N) is 1. The minimum atomic E-state index is -0.422. The average molecular weight is 330 g/mol. The van der Waals surface area contributed by atoms with Crippen LogP contribution in [0.3, 0.4) is 0 Å². The van der Waals surface area contributed by atoms with E-state index in [1.165, 1.54) is 23.9 Å². The fourth-order valence-corrected chi connectivity index (χ4v) is 2.84. The molecule has 0 unspecified atom stereocenters. The predicted octanol–water partition coefficient (Wildman–Crippen LogP) is 4.08. The molecule has 5 nitrogen and oxygen atoms in total. The first-order valence-corrected chi connectivity index (χ1v) is 8.30. The smallest absolute Gasteiger partial charge is 0.269 e. The number of carbonyl (C=O) groups excluding carboxylic acids is 1. The van der Waals surface area contributed by atoms with Gasteiger partial charge in [-0.1, -0.05) is 24.3 Å². The Kier molecular flexibility index (Phi) is 5.76. The third kappa shape index (κ3) is 4.82. The molecule has 0 aliphatic rings. The molecule has 0 atom stereocenters. The summed E-state index contributed by atoms with van der Waals surface area (Å²) in [5, 5.41) is 13.5. The Hall–Kier alpha value is -2.34. The van der Waals surface area contributed by atoms with Crippen molar-refractivity contribution in [1.29, 1.82) is 0 Å². The quantitative estimate of drug-likeness (QED) is 0.640. The van der Waals surface area contributed by atoms with Crippen molar-refractivity contribution in [2.24, 2.45) is 0 Å². The van der Waals surface area contributed by atoms with E-state index >= 15 is 0 Å². The lowest BCUT2D eigenvalue weighted by atomic mass is 10.1. The lowest BCUT2D eigenvalue weighted by Crippen LogP contribution is -2.15. The van der Waals surface area contributed by atoms with E-state index in [0.717, 1.165) is 22.4 Å². The summed E-state index contributed by atoms with van der Waals surface area (Å²) >= 11 is 1.48. The van der Waals surface area contributed by atoms with E-state index in [1.807, 2.05) is 32.0 Å². The minimum absolute atomic E-state index is 0.0504. The molecule has 2 aromatic carbocycles. The van der Waals surface area contributed by atoms with Crippen molar-refractivity contribution in [2.45, 2.75) is 19.6 Å². The summed E-state index contributed by atoms with van der Waals surface area (Å²) < 4.78 is 0. The number of benzene rings is 2. The molecule has 0 radical (unpaired) electrons. The standard InChI is InChI=1S/C17H18N2O3S/c1-12-4-3-5-16(13(12)2)18-17(20)11-23-10-14-6-8-15(9-7-14)19(21)22/h3-9H,10-11H2,1-2H3,(H,18,20). The minimum Gasteiger partial charge on any atom is -0.325 e. The Balaban J connectivity index is 1.83. The van der Waals surface area contributed by atoms with Crippen molar-refractivity contribution in [2.75, 3.05) is 11.1 Å². The van der Waals surface area contributed by atoms with E-state index in [-0.39, 0.29) is 11.6 Å². The van der Waals surface area contributed by atoms with Crippen molar-refractivity contribution in [3.8, 4) is 0 Å². The van der Waals surface area contributed by atoms with E-state index < -0.39 is 4.92 Å². The number of carbonyl (C=O) groups is 1. The Morgan fingerprint density at radius 3 is 2.52 bits per heavy atom. The van der Waals surface area contributed by atoms with Crippen LogP contribution in [0.2, 0.25) is 0 Å². The van der Waals surface area contributed by atoms with Gasteiger partial charge in [0.2, 0.25) is 5.91 Å². The molecule has 120 valence electrons. The van der Waals surface area contributed by atoms with Crippen molar-refractivity contribution in [3.63, 3.8) is 0 Å². The second kappa shape index (κ2) is 7.78. The monoisotopic (exact) mass is 330 g/mol. The summed E-state index contributed by atoms with van der Waals surface area (Å²) in [5.74, 6) is 0.924. The SMILES string of the molecule is Cc1cccc(NC(=O)CSCc2ccc([N+](=O)[O-])cc2)c1C. The Morgan fingerprint density at radius 2 is 1.87 bits per heavy atom. The maximum atomic E-state index is 12.0. The van der Waals surface area contributed by atoms with E-state index in [4.69, 9.17) is 0 Å². The van der Waals surface area contributed by atoms with Gasteiger partial charge in [-0.25, -0.2) is 0 Å². The van der Waals surface area contributed by atoms with Crippen molar-refractivity contribution in [1.82, 2.24) is 0 Å². The molecule has 2 aromatic rings. The summed E-state index contributed by atoms with van der Waals surface area (Å²) in [5.41, 5.74) is 4.08. The van der Waals surface area contributed by atoms with Crippen LogP contribution in [-0.2, 0) is 10.5 Å². The molecule has 2 rings (SSSR count). The van der Waals surface area contributed by atoms with Crippen LogP contribution in [0.5, 0.6) is 0 Å². The number of hydrogen-bond donors (Lipinski definition) is 1. The lowest BCUT2D eigenvalue weighted by molar-refractivity contribution is -0.384. The van der Waals surface area contributed by atoms with Crippen LogP contribution in [0.15, 0.2) is 42.5 Å². The van der Waals surface area contributed by atoms with Crippen molar-refractivity contribution < 1.29 is 9.72 Å². The van der Waals surface area contributed by atoms with E-state index in [2.05, 4.69) is 5.32 Å². The van der Waals surface area contributed by atoms with Gasteiger partial charge in [0, 0.05) is 23.6 Å². The molecule has 0 aliphatic carbocycles. The summed E-state index contributed by atoms with van der Waals surface area (Å²) in [6, 6.07) is 12.2. The molecule has 0 saturated heterocycles. The zero-order valence-corrected chi connectivity index (χ0v) is 13.9. The van der Waals surface area contributed by atoms with Crippen molar-refractivity contribution in [3.05, 3.63) is 69.3 Å². The molecule has 23 heavy (non-hydrogen) atoms.